The topological polar surface area (TPSA) is 0 Å². The lowest BCUT2D eigenvalue weighted by Gasteiger charge is -2.17. The Bertz CT molecular complexity index is 135. The van der Waals surface area contributed by atoms with Gasteiger partial charge in [-0.15, -0.1) is 50.5 Å². The summed E-state index contributed by atoms with van der Waals surface area (Å²) in [5.41, 5.74) is 0. The summed E-state index contributed by atoms with van der Waals surface area (Å²) in [6, 6.07) is 0. The van der Waals surface area contributed by atoms with Gasteiger partial charge in [0.2, 0.25) is 0 Å². The van der Waals surface area contributed by atoms with Crippen LogP contribution < -0.4 is 0 Å². The van der Waals surface area contributed by atoms with E-state index in [1.54, 1.807) is 0 Å². The first-order chi connectivity index (χ1) is 3.64. The molecule has 8 heavy (non-hydrogen) atoms. The van der Waals surface area contributed by atoms with Crippen molar-refractivity contribution in [2.75, 3.05) is 0 Å². The van der Waals surface area contributed by atoms with Crippen molar-refractivity contribution in [2.24, 2.45) is 0 Å². The highest BCUT2D eigenvalue weighted by atomic mass is 32.1. The van der Waals surface area contributed by atoms with Gasteiger partial charge < -0.3 is 0 Å². The molecular formula is C4H4S4. The van der Waals surface area contributed by atoms with Crippen LogP contribution in [0.25, 0.3) is 0 Å². The van der Waals surface area contributed by atoms with E-state index < -0.39 is 0 Å². The molecule has 0 aromatic heterocycles. The van der Waals surface area contributed by atoms with E-state index in [0.29, 0.717) is 0 Å². The maximum Gasteiger partial charge on any atom is 0.0331 e. The highest BCUT2D eigenvalue weighted by molar-refractivity contribution is 7.96. The number of thiol groups is 4. The van der Waals surface area contributed by atoms with E-state index in [2.05, 4.69) is 50.5 Å². The summed E-state index contributed by atoms with van der Waals surface area (Å²) in [6.07, 6.45) is 0. The second-order valence-electron chi connectivity index (χ2n) is 1.39. The van der Waals surface area contributed by atoms with Gasteiger partial charge in [0, 0.05) is 19.6 Å². The van der Waals surface area contributed by atoms with Crippen LogP contribution >= 0.6 is 50.5 Å². The minimum Gasteiger partial charge on any atom is -0.141 e. The van der Waals surface area contributed by atoms with Crippen molar-refractivity contribution in [1.29, 1.82) is 0 Å². The Balaban J connectivity index is 2.86. The fraction of sp³-hybridized carbons (Fsp3) is 0. The van der Waals surface area contributed by atoms with Crippen LogP contribution in [0.5, 0.6) is 0 Å². The zero-order valence-electron chi connectivity index (χ0n) is 3.79. The van der Waals surface area contributed by atoms with E-state index in [9.17, 15) is 0 Å². The van der Waals surface area contributed by atoms with Crippen molar-refractivity contribution < 1.29 is 0 Å². The van der Waals surface area contributed by atoms with Gasteiger partial charge in [0.05, 0.1) is 0 Å². The fourth-order valence-corrected chi connectivity index (χ4v) is 1.63. The maximum atomic E-state index is 4.05. The van der Waals surface area contributed by atoms with Gasteiger partial charge in [-0.2, -0.15) is 0 Å². The van der Waals surface area contributed by atoms with Crippen LogP contribution in [-0.4, -0.2) is 0 Å². The standard InChI is InChI=1S/C4H4S4/c5-1-2(6)4(8)3(1)7/h5-8H. The van der Waals surface area contributed by atoms with Gasteiger partial charge in [0.1, 0.15) is 0 Å². The molecule has 0 spiro atoms. The van der Waals surface area contributed by atoms with E-state index in [0.717, 1.165) is 19.6 Å². The zero-order chi connectivity index (χ0) is 6.31. The van der Waals surface area contributed by atoms with Crippen LogP contribution in [0.15, 0.2) is 19.6 Å². The van der Waals surface area contributed by atoms with Gasteiger partial charge >= 0.3 is 0 Å². The second-order valence-corrected chi connectivity index (χ2v) is 3.18. The van der Waals surface area contributed by atoms with Crippen molar-refractivity contribution in [3.8, 4) is 0 Å². The van der Waals surface area contributed by atoms with Crippen molar-refractivity contribution in [1.82, 2.24) is 0 Å². The summed E-state index contributed by atoms with van der Waals surface area (Å²) in [5.74, 6) is 0. The average molecular weight is 180 g/mol. The monoisotopic (exact) mass is 180 g/mol. The Hall–Kier alpha value is 0.880. The summed E-state index contributed by atoms with van der Waals surface area (Å²) in [7, 11) is 0. The minimum absolute atomic E-state index is 0.835. The van der Waals surface area contributed by atoms with Crippen molar-refractivity contribution in [3.05, 3.63) is 19.6 Å². The number of rotatable bonds is 0. The van der Waals surface area contributed by atoms with Gasteiger partial charge in [0.25, 0.3) is 0 Å². The molecule has 4 heteroatoms. The molecule has 0 radical (unpaired) electrons. The Labute approximate surface area is 70.1 Å². The van der Waals surface area contributed by atoms with Crippen molar-refractivity contribution in [2.45, 2.75) is 0 Å². The van der Waals surface area contributed by atoms with Crippen molar-refractivity contribution >= 4 is 50.5 Å². The molecule has 0 bridgehead atoms. The van der Waals surface area contributed by atoms with Gasteiger partial charge in [0.15, 0.2) is 0 Å². The smallest absolute Gasteiger partial charge is 0.0331 e. The van der Waals surface area contributed by atoms with E-state index in [1.807, 2.05) is 0 Å². The Morgan fingerprint density at radius 3 is 0.750 bits per heavy atom. The number of hydrogen-bond donors (Lipinski definition) is 4. The van der Waals surface area contributed by atoms with Gasteiger partial charge in [-0.1, -0.05) is 0 Å². The molecule has 0 amide bonds. The second kappa shape index (κ2) is 2.25. The summed E-state index contributed by atoms with van der Waals surface area (Å²) < 4.78 is 0. The van der Waals surface area contributed by atoms with Gasteiger partial charge in [-0.05, 0) is 0 Å². The molecule has 0 aromatic carbocycles. The third kappa shape index (κ3) is 0.835. The van der Waals surface area contributed by atoms with Gasteiger partial charge in [-0.25, -0.2) is 0 Å². The Kier molecular flexibility index (Phi) is 1.97. The van der Waals surface area contributed by atoms with E-state index in [4.69, 9.17) is 0 Å². The van der Waals surface area contributed by atoms with E-state index in [1.165, 1.54) is 0 Å². The molecule has 0 nitrogen and oxygen atoms in total. The molecule has 0 N–H and O–H groups in total. The average Bonchev–Trinajstić information content (AvgIpc) is 1.83. The molecule has 0 saturated heterocycles. The Morgan fingerprint density at radius 1 is 0.500 bits per heavy atom. The highest BCUT2D eigenvalue weighted by Gasteiger charge is 2.18. The summed E-state index contributed by atoms with van der Waals surface area (Å²) in [6.45, 7) is 0. The largest absolute Gasteiger partial charge is 0.141 e. The molecule has 0 aliphatic heterocycles. The first kappa shape index (κ1) is 6.99. The molecule has 1 rings (SSSR count). The van der Waals surface area contributed by atoms with Gasteiger partial charge in [-0.3, -0.25) is 0 Å². The van der Waals surface area contributed by atoms with Crippen LogP contribution in [0.1, 0.15) is 0 Å². The van der Waals surface area contributed by atoms with Crippen LogP contribution in [-0.2, 0) is 0 Å². The molecule has 0 fully saturated rings. The van der Waals surface area contributed by atoms with Crippen LogP contribution in [0.3, 0.4) is 0 Å². The molecular weight excluding hydrogens is 176 g/mol. The molecule has 0 atom stereocenters. The third-order valence-electron chi connectivity index (χ3n) is 0.897. The third-order valence-corrected chi connectivity index (χ3v) is 3.39. The lowest BCUT2D eigenvalue weighted by molar-refractivity contribution is 1.64. The van der Waals surface area contributed by atoms with Crippen LogP contribution in [0, 0.1) is 0 Å². The highest BCUT2D eigenvalue weighted by Crippen LogP contribution is 2.43. The lowest BCUT2D eigenvalue weighted by Crippen LogP contribution is -1.94. The first-order valence-corrected chi connectivity index (χ1v) is 3.68. The molecule has 1 aliphatic rings. The predicted octanol–water partition coefficient (Wildman–Crippen LogP) is 2.14. The molecule has 1 aliphatic carbocycles. The normalized spacial score (nSPS) is 19.5. The van der Waals surface area contributed by atoms with Crippen molar-refractivity contribution in [3.63, 3.8) is 0 Å². The minimum atomic E-state index is 0.835. The molecule has 0 heterocycles. The van der Waals surface area contributed by atoms with E-state index in [-0.39, 0.29) is 0 Å². The Morgan fingerprint density at radius 2 is 0.625 bits per heavy atom. The molecule has 0 saturated carbocycles. The molecule has 44 valence electrons. The lowest BCUT2D eigenvalue weighted by atomic mass is 10.3. The molecule has 0 unspecified atom stereocenters. The number of hydrogen-bond acceptors (Lipinski definition) is 4. The first-order valence-electron chi connectivity index (χ1n) is 1.89. The van der Waals surface area contributed by atoms with E-state index >= 15 is 0 Å². The molecule has 0 aromatic rings. The van der Waals surface area contributed by atoms with Crippen LogP contribution in [0.2, 0.25) is 0 Å². The summed E-state index contributed by atoms with van der Waals surface area (Å²) >= 11 is 16.2. The quantitative estimate of drug-likeness (QED) is 0.403. The van der Waals surface area contributed by atoms with Crippen LogP contribution in [0.4, 0.5) is 0 Å². The maximum absolute atomic E-state index is 4.05. The SMILES string of the molecule is SC1=C(S)C(S)=C1S. The predicted molar refractivity (Wildman–Crippen MR) is 50.0 cm³/mol. The summed E-state index contributed by atoms with van der Waals surface area (Å²) in [4.78, 5) is 3.34. The zero-order valence-corrected chi connectivity index (χ0v) is 7.37. The fourth-order valence-electron chi connectivity index (χ4n) is 0.386. The summed E-state index contributed by atoms with van der Waals surface area (Å²) in [5, 5.41) is 0.